The smallest absolute Gasteiger partial charge is 0.276 e. The predicted octanol–water partition coefficient (Wildman–Crippen LogP) is 2.98. The zero-order valence-electron chi connectivity index (χ0n) is 13.3. The third-order valence-corrected chi connectivity index (χ3v) is 3.52. The zero-order chi connectivity index (χ0) is 18.6. The number of carbonyl (C=O) groups excluding carboxylic acids is 2. The Morgan fingerprint density at radius 3 is 2.60 bits per heavy atom. The predicted molar refractivity (Wildman–Crippen MR) is 93.4 cm³/mol. The number of halogens is 2. The van der Waals surface area contributed by atoms with Gasteiger partial charge in [-0.2, -0.15) is 0 Å². The van der Waals surface area contributed by atoms with Crippen molar-refractivity contribution >= 4 is 40.8 Å². The highest BCUT2D eigenvalue weighted by molar-refractivity contribution is 6.35. The van der Waals surface area contributed by atoms with Crippen LogP contribution in [0.15, 0.2) is 33.5 Å². The van der Waals surface area contributed by atoms with Gasteiger partial charge in [0, 0.05) is 11.1 Å². The number of hydrogen-bond acceptors (Lipinski definition) is 6. The quantitative estimate of drug-likeness (QED) is 0.586. The van der Waals surface area contributed by atoms with Crippen LogP contribution in [-0.2, 0) is 4.79 Å². The van der Waals surface area contributed by atoms with E-state index >= 15 is 0 Å². The first-order valence-electron chi connectivity index (χ1n) is 7.06. The van der Waals surface area contributed by atoms with E-state index in [1.807, 2.05) is 0 Å². The molecule has 1 heterocycles. The molecule has 2 N–H and O–H groups in total. The summed E-state index contributed by atoms with van der Waals surface area (Å²) >= 11 is 11.7. The average molecular weight is 385 g/mol. The topological polar surface area (TPSA) is 97.6 Å². The van der Waals surface area contributed by atoms with Gasteiger partial charge in [0.15, 0.2) is 17.8 Å². The lowest BCUT2D eigenvalue weighted by Gasteiger charge is -2.12. The van der Waals surface area contributed by atoms with Crippen LogP contribution in [-0.4, -0.2) is 18.3 Å². The summed E-state index contributed by atoms with van der Waals surface area (Å²) in [6, 6.07) is 5.77. The number of amides is 1. The first-order valence-corrected chi connectivity index (χ1v) is 7.82. The molecule has 0 unspecified atom stereocenters. The number of Topliss-reactive ketones (excluding diaryl/α,β-unsaturated/α-hetero) is 1. The van der Waals surface area contributed by atoms with Gasteiger partial charge in [0.25, 0.3) is 5.91 Å². The molecule has 0 atom stereocenters. The van der Waals surface area contributed by atoms with Gasteiger partial charge in [0.2, 0.25) is 5.88 Å². The van der Waals surface area contributed by atoms with Gasteiger partial charge in [0.05, 0.1) is 5.02 Å². The minimum absolute atomic E-state index is 0.143. The fourth-order valence-corrected chi connectivity index (χ4v) is 2.39. The van der Waals surface area contributed by atoms with E-state index in [0.717, 1.165) is 0 Å². The van der Waals surface area contributed by atoms with E-state index in [9.17, 15) is 14.4 Å². The van der Waals surface area contributed by atoms with Crippen molar-refractivity contribution in [3.8, 4) is 5.75 Å². The molecule has 0 aliphatic rings. The molecule has 0 fully saturated rings. The molecule has 9 heteroatoms. The van der Waals surface area contributed by atoms with Crippen LogP contribution in [0.25, 0.3) is 0 Å². The van der Waals surface area contributed by atoms with Crippen molar-refractivity contribution in [2.75, 3.05) is 12.0 Å². The number of rotatable bonds is 6. The molecular formula is C16H14Cl2N2O5. The lowest BCUT2D eigenvalue weighted by atomic mass is 10.2. The summed E-state index contributed by atoms with van der Waals surface area (Å²) in [7, 11) is 0. The molecule has 0 saturated carbocycles. The van der Waals surface area contributed by atoms with Crippen LogP contribution in [0, 0.1) is 6.92 Å². The maximum Gasteiger partial charge on any atom is 0.276 e. The Labute approximate surface area is 152 Å². The van der Waals surface area contributed by atoms with Crippen molar-refractivity contribution in [2.45, 2.75) is 13.8 Å². The number of aryl methyl sites for hydroxylation is 1. The second-order valence-corrected chi connectivity index (χ2v) is 5.86. The Bertz CT molecular complexity index is 879. The maximum absolute atomic E-state index is 11.8. The number of ketones is 1. The summed E-state index contributed by atoms with van der Waals surface area (Å²) in [6.07, 6.45) is 0. The highest BCUT2D eigenvalue weighted by Crippen LogP contribution is 2.27. The summed E-state index contributed by atoms with van der Waals surface area (Å²) in [5, 5.41) is 0.700. The van der Waals surface area contributed by atoms with Crippen LogP contribution in [0.2, 0.25) is 10.0 Å². The lowest BCUT2D eigenvalue weighted by Crippen LogP contribution is -2.35. The van der Waals surface area contributed by atoms with Crippen LogP contribution < -0.4 is 21.0 Å². The van der Waals surface area contributed by atoms with Gasteiger partial charge in [-0.3, -0.25) is 25.2 Å². The molecule has 0 aliphatic carbocycles. The number of hydrogen-bond donors (Lipinski definition) is 2. The molecular weight excluding hydrogens is 371 g/mol. The molecule has 2 rings (SSSR count). The van der Waals surface area contributed by atoms with Crippen molar-refractivity contribution in [2.24, 2.45) is 0 Å². The van der Waals surface area contributed by atoms with Crippen LogP contribution in [0.4, 0.5) is 5.88 Å². The molecule has 0 saturated heterocycles. The highest BCUT2D eigenvalue weighted by atomic mass is 35.5. The van der Waals surface area contributed by atoms with Gasteiger partial charge < -0.3 is 9.15 Å². The van der Waals surface area contributed by atoms with Crippen LogP contribution in [0.3, 0.4) is 0 Å². The molecule has 132 valence electrons. The van der Waals surface area contributed by atoms with Gasteiger partial charge >= 0.3 is 0 Å². The van der Waals surface area contributed by atoms with E-state index in [-0.39, 0.29) is 34.6 Å². The van der Waals surface area contributed by atoms with E-state index in [4.69, 9.17) is 32.4 Å². The normalized spacial score (nSPS) is 10.2. The Balaban J connectivity index is 2.01. The van der Waals surface area contributed by atoms with Crippen molar-refractivity contribution in [1.82, 2.24) is 5.43 Å². The van der Waals surface area contributed by atoms with E-state index in [1.165, 1.54) is 25.1 Å². The molecule has 7 nitrogen and oxygen atoms in total. The standard InChI is InChI=1S/C16H14Cl2N2O5/c1-8-5-12(22)15(9(2)21)16(25-8)20-19-14(23)7-24-13-4-3-10(17)6-11(13)18/h3-6,20H,7H2,1-2H3,(H,19,23). The minimum atomic E-state index is -0.579. The second kappa shape index (κ2) is 8.04. The third kappa shape index (κ3) is 4.98. The summed E-state index contributed by atoms with van der Waals surface area (Å²) in [5.41, 5.74) is 4.01. The first-order chi connectivity index (χ1) is 11.8. The molecule has 1 aromatic heterocycles. The fraction of sp³-hybridized carbons (Fsp3) is 0.188. The van der Waals surface area contributed by atoms with Gasteiger partial charge in [-0.25, -0.2) is 0 Å². The minimum Gasteiger partial charge on any atom is -0.482 e. The second-order valence-electron chi connectivity index (χ2n) is 5.02. The van der Waals surface area contributed by atoms with E-state index in [1.54, 1.807) is 13.0 Å². The Kier molecular flexibility index (Phi) is 6.06. The van der Waals surface area contributed by atoms with Gasteiger partial charge in [-0.05, 0) is 32.0 Å². The molecule has 2 aromatic rings. The van der Waals surface area contributed by atoms with Gasteiger partial charge in [0.1, 0.15) is 17.1 Å². The van der Waals surface area contributed by atoms with Crippen LogP contribution >= 0.6 is 23.2 Å². The summed E-state index contributed by atoms with van der Waals surface area (Å²) in [6.45, 7) is 2.41. The van der Waals surface area contributed by atoms with Gasteiger partial charge in [-0.15, -0.1) is 0 Å². The average Bonchev–Trinajstić information content (AvgIpc) is 2.51. The molecule has 1 aromatic carbocycles. The van der Waals surface area contributed by atoms with Crippen molar-refractivity contribution in [3.63, 3.8) is 0 Å². The van der Waals surface area contributed by atoms with Crippen molar-refractivity contribution in [1.29, 1.82) is 0 Å². The SMILES string of the molecule is CC(=O)c1c(NNC(=O)COc2ccc(Cl)cc2Cl)oc(C)cc1=O. The lowest BCUT2D eigenvalue weighted by molar-refractivity contribution is -0.122. The summed E-state index contributed by atoms with van der Waals surface area (Å²) < 4.78 is 10.5. The Hall–Kier alpha value is -2.51. The Morgan fingerprint density at radius 2 is 1.96 bits per heavy atom. The molecule has 1 amide bonds. The molecule has 25 heavy (non-hydrogen) atoms. The largest absolute Gasteiger partial charge is 0.482 e. The molecule has 0 aliphatic heterocycles. The number of carbonyl (C=O) groups is 2. The molecule has 0 bridgehead atoms. The fourth-order valence-electron chi connectivity index (χ4n) is 1.93. The van der Waals surface area contributed by atoms with Crippen molar-refractivity contribution < 1.29 is 18.7 Å². The van der Waals surface area contributed by atoms with Gasteiger partial charge in [-0.1, -0.05) is 23.2 Å². The van der Waals surface area contributed by atoms with Crippen LogP contribution in [0.1, 0.15) is 23.0 Å². The zero-order valence-corrected chi connectivity index (χ0v) is 14.8. The monoisotopic (exact) mass is 384 g/mol. The summed E-state index contributed by atoms with van der Waals surface area (Å²) in [4.78, 5) is 35.2. The van der Waals surface area contributed by atoms with Crippen LogP contribution in [0.5, 0.6) is 5.75 Å². The molecule has 0 spiro atoms. The highest BCUT2D eigenvalue weighted by Gasteiger charge is 2.16. The van der Waals surface area contributed by atoms with E-state index in [2.05, 4.69) is 10.9 Å². The number of anilines is 1. The van der Waals surface area contributed by atoms with E-state index < -0.39 is 17.1 Å². The van der Waals surface area contributed by atoms with Crippen molar-refractivity contribution in [3.05, 3.63) is 55.9 Å². The van der Waals surface area contributed by atoms with E-state index in [0.29, 0.717) is 5.02 Å². The number of nitrogens with one attached hydrogen (secondary N) is 2. The Morgan fingerprint density at radius 1 is 1.24 bits per heavy atom. The maximum atomic E-state index is 11.8. The first kappa shape index (κ1) is 18.8. The third-order valence-electron chi connectivity index (χ3n) is 2.99. The summed E-state index contributed by atoms with van der Waals surface area (Å²) in [5.74, 6) is -0.640. The number of ether oxygens (including phenoxy) is 1. The molecule has 0 radical (unpaired) electrons. The number of hydrazine groups is 1. The number of benzene rings is 1.